The Labute approximate surface area is 160 Å². The van der Waals surface area contributed by atoms with E-state index in [1.807, 2.05) is 24.3 Å². The Bertz CT molecular complexity index is 1200. The number of pyridine rings is 1. The van der Waals surface area contributed by atoms with Gasteiger partial charge >= 0.3 is 0 Å². The quantitative estimate of drug-likeness (QED) is 0.313. The number of oxime groups is 1. The molecule has 0 fully saturated rings. The Morgan fingerprint density at radius 3 is 3.04 bits per heavy atom. The van der Waals surface area contributed by atoms with Crippen molar-refractivity contribution in [3.63, 3.8) is 0 Å². The summed E-state index contributed by atoms with van der Waals surface area (Å²) in [7, 11) is 0. The molecule has 28 heavy (non-hydrogen) atoms. The SMILES string of the molecule is C=C(O)CO/N=C(\C)c1cnc2nnn(Cc3ccc4ncccc4c3)c2n1. The lowest BCUT2D eigenvalue weighted by Gasteiger charge is -2.05. The molecule has 0 aliphatic rings. The molecular weight excluding hydrogens is 358 g/mol. The summed E-state index contributed by atoms with van der Waals surface area (Å²) in [5.74, 6) is -0.106. The summed E-state index contributed by atoms with van der Waals surface area (Å²) >= 11 is 0. The molecule has 3 heterocycles. The van der Waals surface area contributed by atoms with Crippen molar-refractivity contribution < 1.29 is 9.94 Å². The van der Waals surface area contributed by atoms with Crippen LogP contribution in [0, 0.1) is 0 Å². The van der Waals surface area contributed by atoms with Crippen molar-refractivity contribution in [3.05, 3.63) is 66.3 Å². The highest BCUT2D eigenvalue weighted by molar-refractivity contribution is 5.97. The molecule has 0 saturated carbocycles. The zero-order chi connectivity index (χ0) is 19.5. The maximum Gasteiger partial charge on any atom is 0.221 e. The van der Waals surface area contributed by atoms with E-state index in [2.05, 4.69) is 43.1 Å². The Morgan fingerprint density at radius 1 is 1.29 bits per heavy atom. The van der Waals surface area contributed by atoms with Crippen LogP contribution < -0.4 is 0 Å². The van der Waals surface area contributed by atoms with Crippen molar-refractivity contribution in [2.24, 2.45) is 5.16 Å². The molecule has 0 radical (unpaired) electrons. The molecule has 4 aromatic rings. The molecule has 4 rings (SSSR count). The second-order valence-corrected chi connectivity index (χ2v) is 6.20. The summed E-state index contributed by atoms with van der Waals surface area (Å²) < 4.78 is 1.69. The van der Waals surface area contributed by atoms with Crippen LogP contribution in [0.3, 0.4) is 0 Å². The maximum atomic E-state index is 9.05. The number of hydrogen-bond acceptors (Lipinski definition) is 8. The van der Waals surface area contributed by atoms with Crippen LogP contribution in [-0.2, 0) is 11.4 Å². The summed E-state index contributed by atoms with van der Waals surface area (Å²) in [5.41, 5.74) is 4.03. The molecule has 9 nitrogen and oxygen atoms in total. The van der Waals surface area contributed by atoms with Gasteiger partial charge in [0, 0.05) is 11.6 Å². The minimum atomic E-state index is -0.106. The molecule has 0 aliphatic carbocycles. The molecule has 1 N–H and O–H groups in total. The fraction of sp³-hybridized carbons (Fsp3) is 0.158. The molecule has 0 aliphatic heterocycles. The number of hydrogen-bond donors (Lipinski definition) is 1. The summed E-state index contributed by atoms with van der Waals surface area (Å²) in [4.78, 5) is 18.2. The van der Waals surface area contributed by atoms with E-state index in [-0.39, 0.29) is 12.4 Å². The smallest absolute Gasteiger partial charge is 0.221 e. The summed E-state index contributed by atoms with van der Waals surface area (Å²) in [6.45, 7) is 5.49. The van der Waals surface area contributed by atoms with Crippen LogP contribution in [-0.4, -0.2) is 47.4 Å². The number of aromatic nitrogens is 6. The van der Waals surface area contributed by atoms with E-state index in [0.29, 0.717) is 29.2 Å². The molecule has 140 valence electrons. The second-order valence-electron chi connectivity index (χ2n) is 6.20. The highest BCUT2D eigenvalue weighted by Gasteiger charge is 2.11. The van der Waals surface area contributed by atoms with Gasteiger partial charge in [-0.1, -0.05) is 29.1 Å². The van der Waals surface area contributed by atoms with Crippen LogP contribution in [0.1, 0.15) is 18.2 Å². The topological polar surface area (TPSA) is 111 Å². The molecule has 0 spiro atoms. The first-order chi connectivity index (χ1) is 13.6. The van der Waals surface area contributed by atoms with Gasteiger partial charge in [-0.2, -0.15) is 0 Å². The summed E-state index contributed by atoms with van der Waals surface area (Å²) in [6.07, 6.45) is 3.33. The van der Waals surface area contributed by atoms with Gasteiger partial charge in [-0.3, -0.25) is 4.98 Å². The number of aliphatic hydroxyl groups is 1. The molecule has 1 aromatic carbocycles. The van der Waals surface area contributed by atoms with Crippen LogP contribution in [0.4, 0.5) is 0 Å². The molecular formula is C19H17N7O2. The minimum Gasteiger partial charge on any atom is -0.509 e. The van der Waals surface area contributed by atoms with E-state index in [4.69, 9.17) is 9.94 Å². The van der Waals surface area contributed by atoms with E-state index in [1.54, 1.807) is 24.0 Å². The summed E-state index contributed by atoms with van der Waals surface area (Å²) in [6, 6.07) is 9.97. The lowest BCUT2D eigenvalue weighted by Crippen LogP contribution is -2.06. The van der Waals surface area contributed by atoms with Gasteiger partial charge < -0.3 is 9.94 Å². The number of benzene rings is 1. The van der Waals surface area contributed by atoms with E-state index < -0.39 is 0 Å². The maximum absolute atomic E-state index is 9.05. The molecule has 9 heteroatoms. The van der Waals surface area contributed by atoms with E-state index in [9.17, 15) is 0 Å². The fourth-order valence-corrected chi connectivity index (χ4v) is 2.68. The van der Waals surface area contributed by atoms with Gasteiger partial charge in [-0.05, 0) is 30.7 Å². The van der Waals surface area contributed by atoms with E-state index >= 15 is 0 Å². The van der Waals surface area contributed by atoms with Crippen molar-refractivity contribution in [3.8, 4) is 0 Å². The predicted octanol–water partition coefficient (Wildman–Crippen LogP) is 2.63. The fourth-order valence-electron chi connectivity index (χ4n) is 2.68. The largest absolute Gasteiger partial charge is 0.509 e. The average molecular weight is 375 g/mol. The molecule has 0 bridgehead atoms. The first kappa shape index (κ1) is 17.5. The number of fused-ring (bicyclic) bond motifs is 2. The predicted molar refractivity (Wildman–Crippen MR) is 104 cm³/mol. The van der Waals surface area contributed by atoms with Gasteiger partial charge in [0.2, 0.25) is 5.65 Å². The lowest BCUT2D eigenvalue weighted by molar-refractivity contribution is 0.137. The third-order valence-corrected chi connectivity index (χ3v) is 4.03. The minimum absolute atomic E-state index is 0.0800. The van der Waals surface area contributed by atoms with Crippen LogP contribution in [0.15, 0.2) is 60.2 Å². The number of aliphatic hydroxyl groups excluding tert-OH is 1. The second kappa shape index (κ2) is 7.39. The zero-order valence-electron chi connectivity index (χ0n) is 15.1. The average Bonchev–Trinajstić information content (AvgIpc) is 3.09. The van der Waals surface area contributed by atoms with Crippen molar-refractivity contribution in [1.29, 1.82) is 0 Å². The molecule has 0 amide bonds. The van der Waals surface area contributed by atoms with E-state index in [0.717, 1.165) is 16.5 Å². The standard InChI is InChI=1S/C19H17N7O2/c1-12(27)11-28-24-13(2)17-9-21-18-19(22-17)26(25-23-18)10-14-5-6-16-15(8-14)4-3-7-20-16/h3-9,27H,1,10-11H2,2H3/b24-13+. The van der Waals surface area contributed by atoms with Gasteiger partial charge in [0.1, 0.15) is 17.2 Å². The number of rotatable bonds is 6. The normalized spacial score (nSPS) is 11.8. The van der Waals surface area contributed by atoms with Gasteiger partial charge in [0.15, 0.2) is 12.3 Å². The highest BCUT2D eigenvalue weighted by Crippen LogP contribution is 2.15. The first-order valence-corrected chi connectivity index (χ1v) is 8.54. The van der Waals surface area contributed by atoms with Crippen molar-refractivity contribution in [2.75, 3.05) is 6.61 Å². The highest BCUT2D eigenvalue weighted by atomic mass is 16.6. The van der Waals surface area contributed by atoms with Crippen LogP contribution in [0.2, 0.25) is 0 Å². The van der Waals surface area contributed by atoms with Gasteiger partial charge in [-0.15, -0.1) is 5.10 Å². The third kappa shape index (κ3) is 3.63. The van der Waals surface area contributed by atoms with E-state index in [1.165, 1.54) is 0 Å². The Balaban J connectivity index is 1.62. The third-order valence-electron chi connectivity index (χ3n) is 4.03. The zero-order valence-corrected chi connectivity index (χ0v) is 15.1. The van der Waals surface area contributed by atoms with Crippen molar-refractivity contribution >= 4 is 27.9 Å². The Morgan fingerprint density at radius 2 is 2.18 bits per heavy atom. The molecule has 0 saturated heterocycles. The monoisotopic (exact) mass is 375 g/mol. The summed E-state index contributed by atoms with van der Waals surface area (Å²) in [5, 5.41) is 22.3. The molecule has 0 unspecified atom stereocenters. The first-order valence-electron chi connectivity index (χ1n) is 8.54. The van der Waals surface area contributed by atoms with Gasteiger partial charge in [-0.25, -0.2) is 14.6 Å². The Kier molecular flexibility index (Phi) is 4.63. The Hall–Kier alpha value is -3.88. The van der Waals surface area contributed by atoms with Crippen LogP contribution in [0.5, 0.6) is 0 Å². The molecule has 3 aromatic heterocycles. The van der Waals surface area contributed by atoms with Gasteiger partial charge in [0.25, 0.3) is 0 Å². The lowest BCUT2D eigenvalue weighted by atomic mass is 10.1. The molecule has 0 atom stereocenters. The van der Waals surface area contributed by atoms with Crippen LogP contribution in [0.25, 0.3) is 22.2 Å². The number of nitrogens with zero attached hydrogens (tertiary/aromatic N) is 7. The van der Waals surface area contributed by atoms with Crippen molar-refractivity contribution in [1.82, 2.24) is 29.9 Å². The van der Waals surface area contributed by atoms with Crippen LogP contribution >= 0.6 is 0 Å². The van der Waals surface area contributed by atoms with Gasteiger partial charge in [0.05, 0.1) is 18.3 Å². The van der Waals surface area contributed by atoms with Crippen molar-refractivity contribution in [2.45, 2.75) is 13.5 Å².